The average molecular weight is 316 g/mol. The molecule has 0 aliphatic carbocycles. The highest BCUT2D eigenvalue weighted by Crippen LogP contribution is 2.26. The minimum Gasteiger partial charge on any atom is -0.373 e. The Morgan fingerprint density at radius 2 is 1.86 bits per heavy atom. The minimum atomic E-state index is -3.56. The van der Waals surface area contributed by atoms with E-state index in [0.29, 0.717) is 42.5 Å². The van der Waals surface area contributed by atoms with Crippen LogP contribution in [-0.4, -0.2) is 54.3 Å². The summed E-state index contributed by atoms with van der Waals surface area (Å²) in [6.45, 7) is 8.94. The normalized spacial score (nSPS) is 24.4. The molecule has 2 rings (SSSR count). The van der Waals surface area contributed by atoms with Crippen LogP contribution in [0.1, 0.15) is 25.2 Å². The Kier molecular flexibility index (Phi) is 4.72. The van der Waals surface area contributed by atoms with Crippen molar-refractivity contribution >= 4 is 10.0 Å². The van der Waals surface area contributed by atoms with E-state index in [4.69, 9.17) is 10.5 Å². The number of aromatic nitrogens is 2. The summed E-state index contributed by atoms with van der Waals surface area (Å²) in [6, 6.07) is 0. The molecule has 0 aromatic carbocycles. The van der Waals surface area contributed by atoms with Crippen LogP contribution in [0.15, 0.2) is 4.90 Å². The average Bonchev–Trinajstić information content (AvgIpc) is 2.64. The van der Waals surface area contributed by atoms with Crippen LogP contribution < -0.4 is 5.73 Å². The third-order valence-corrected chi connectivity index (χ3v) is 5.72. The van der Waals surface area contributed by atoms with E-state index < -0.39 is 10.0 Å². The molecule has 0 saturated carbocycles. The Morgan fingerprint density at radius 1 is 1.29 bits per heavy atom. The lowest BCUT2D eigenvalue weighted by Crippen LogP contribution is -2.48. The smallest absolute Gasteiger partial charge is 0.246 e. The van der Waals surface area contributed by atoms with E-state index in [-0.39, 0.29) is 12.2 Å². The molecule has 1 aliphatic rings. The van der Waals surface area contributed by atoms with Crippen molar-refractivity contribution in [3.63, 3.8) is 0 Å². The number of sulfonamides is 1. The van der Waals surface area contributed by atoms with Crippen molar-refractivity contribution in [1.29, 1.82) is 0 Å². The van der Waals surface area contributed by atoms with Gasteiger partial charge in [0.05, 0.1) is 30.1 Å². The molecule has 1 saturated heterocycles. The third kappa shape index (κ3) is 3.13. The van der Waals surface area contributed by atoms with Gasteiger partial charge in [-0.25, -0.2) is 8.42 Å². The van der Waals surface area contributed by atoms with Gasteiger partial charge in [-0.1, -0.05) is 0 Å². The predicted molar refractivity (Wildman–Crippen MR) is 79.5 cm³/mol. The van der Waals surface area contributed by atoms with Gasteiger partial charge in [-0.05, 0) is 27.7 Å². The Bertz CT molecular complexity index is 601. The van der Waals surface area contributed by atoms with Crippen LogP contribution in [0.4, 0.5) is 0 Å². The molecule has 1 fully saturated rings. The van der Waals surface area contributed by atoms with Crippen molar-refractivity contribution < 1.29 is 13.2 Å². The van der Waals surface area contributed by atoms with Crippen LogP contribution in [0.2, 0.25) is 0 Å². The minimum absolute atomic E-state index is 0.108. The zero-order chi connectivity index (χ0) is 15.8. The van der Waals surface area contributed by atoms with E-state index in [1.807, 2.05) is 13.8 Å². The summed E-state index contributed by atoms with van der Waals surface area (Å²) < 4.78 is 34.6. The van der Waals surface area contributed by atoms with E-state index in [1.54, 1.807) is 18.5 Å². The lowest BCUT2D eigenvalue weighted by Gasteiger charge is -2.34. The summed E-state index contributed by atoms with van der Waals surface area (Å²) in [7, 11) is -3.56. The number of rotatable bonds is 4. The van der Waals surface area contributed by atoms with Gasteiger partial charge in [-0.2, -0.15) is 9.40 Å². The van der Waals surface area contributed by atoms with Crippen molar-refractivity contribution in [3.05, 3.63) is 11.4 Å². The largest absolute Gasteiger partial charge is 0.373 e. The number of nitrogens with two attached hydrogens (primary N) is 1. The molecule has 0 bridgehead atoms. The first-order valence-electron chi connectivity index (χ1n) is 7.17. The number of nitrogens with zero attached hydrogens (tertiary/aromatic N) is 3. The van der Waals surface area contributed by atoms with Gasteiger partial charge in [0.25, 0.3) is 0 Å². The van der Waals surface area contributed by atoms with E-state index in [0.717, 1.165) is 0 Å². The maximum atomic E-state index is 12.9. The number of hydrogen-bond donors (Lipinski definition) is 1. The molecule has 0 spiro atoms. The summed E-state index contributed by atoms with van der Waals surface area (Å²) in [4.78, 5) is 0.303. The topological polar surface area (TPSA) is 90.5 Å². The fraction of sp³-hybridized carbons (Fsp3) is 0.769. The lowest BCUT2D eigenvalue weighted by atomic mass is 10.3. The van der Waals surface area contributed by atoms with Crippen molar-refractivity contribution in [3.8, 4) is 0 Å². The molecule has 120 valence electrons. The summed E-state index contributed by atoms with van der Waals surface area (Å²) in [5.74, 6) is 0. The molecule has 2 heterocycles. The van der Waals surface area contributed by atoms with Crippen LogP contribution in [0, 0.1) is 13.8 Å². The molecule has 2 atom stereocenters. The van der Waals surface area contributed by atoms with Gasteiger partial charge in [0.2, 0.25) is 10.0 Å². The monoisotopic (exact) mass is 316 g/mol. The van der Waals surface area contributed by atoms with Gasteiger partial charge in [-0.15, -0.1) is 0 Å². The van der Waals surface area contributed by atoms with Crippen molar-refractivity contribution in [2.24, 2.45) is 5.73 Å². The second-order valence-electron chi connectivity index (χ2n) is 5.59. The summed E-state index contributed by atoms with van der Waals surface area (Å²) in [5, 5.41) is 4.30. The van der Waals surface area contributed by atoms with Gasteiger partial charge in [-0.3, -0.25) is 4.68 Å². The van der Waals surface area contributed by atoms with Crippen LogP contribution in [0.5, 0.6) is 0 Å². The first-order chi connectivity index (χ1) is 9.77. The summed E-state index contributed by atoms with van der Waals surface area (Å²) >= 11 is 0. The number of ether oxygens (including phenoxy) is 1. The molecule has 7 nitrogen and oxygen atoms in total. The molecule has 1 aromatic heterocycles. The molecule has 8 heteroatoms. The summed E-state index contributed by atoms with van der Waals surface area (Å²) in [5.41, 5.74) is 6.70. The van der Waals surface area contributed by atoms with E-state index in [2.05, 4.69) is 5.10 Å². The second-order valence-corrected chi connectivity index (χ2v) is 7.47. The standard InChI is InChI=1S/C13H24N4O3S/c1-9-7-16(8-10(2)20-9)21(18,19)13-11(3)15-17(6-5-14)12(13)4/h9-10H,5-8,14H2,1-4H3/t9-,10+. The molecular formula is C13H24N4O3S. The second kappa shape index (κ2) is 6.04. The maximum absolute atomic E-state index is 12.9. The Balaban J connectivity index is 2.40. The fourth-order valence-electron chi connectivity index (χ4n) is 2.85. The molecule has 21 heavy (non-hydrogen) atoms. The van der Waals surface area contributed by atoms with Gasteiger partial charge in [0.1, 0.15) is 4.90 Å². The highest BCUT2D eigenvalue weighted by Gasteiger charge is 2.35. The Morgan fingerprint density at radius 3 is 2.38 bits per heavy atom. The van der Waals surface area contributed by atoms with Gasteiger partial charge < -0.3 is 10.5 Å². The first-order valence-corrected chi connectivity index (χ1v) is 8.61. The van der Waals surface area contributed by atoms with Crippen LogP contribution in [-0.2, 0) is 21.3 Å². The number of hydrogen-bond acceptors (Lipinski definition) is 5. The molecular weight excluding hydrogens is 292 g/mol. The molecule has 0 amide bonds. The highest BCUT2D eigenvalue weighted by molar-refractivity contribution is 7.89. The zero-order valence-electron chi connectivity index (χ0n) is 13.0. The highest BCUT2D eigenvalue weighted by atomic mass is 32.2. The Hall–Kier alpha value is -0.960. The molecule has 0 radical (unpaired) electrons. The Labute approximate surface area is 126 Å². The third-order valence-electron chi connectivity index (χ3n) is 3.64. The lowest BCUT2D eigenvalue weighted by molar-refractivity contribution is -0.0441. The summed E-state index contributed by atoms with van der Waals surface area (Å²) in [6.07, 6.45) is -0.216. The predicted octanol–water partition coefficient (Wildman–Crippen LogP) is 0.257. The van der Waals surface area contributed by atoms with E-state index in [9.17, 15) is 8.42 Å². The van der Waals surface area contributed by atoms with Crippen LogP contribution >= 0.6 is 0 Å². The van der Waals surface area contributed by atoms with E-state index in [1.165, 1.54) is 4.31 Å². The van der Waals surface area contributed by atoms with Crippen molar-refractivity contribution in [1.82, 2.24) is 14.1 Å². The quantitative estimate of drug-likeness (QED) is 0.860. The van der Waals surface area contributed by atoms with Gasteiger partial charge >= 0.3 is 0 Å². The maximum Gasteiger partial charge on any atom is 0.246 e. The van der Waals surface area contributed by atoms with Gasteiger partial charge in [0, 0.05) is 19.6 Å². The fourth-order valence-corrected chi connectivity index (χ4v) is 4.81. The van der Waals surface area contributed by atoms with Crippen molar-refractivity contribution in [2.75, 3.05) is 19.6 Å². The van der Waals surface area contributed by atoms with Crippen LogP contribution in [0.3, 0.4) is 0 Å². The van der Waals surface area contributed by atoms with Gasteiger partial charge in [0.15, 0.2) is 0 Å². The van der Waals surface area contributed by atoms with E-state index >= 15 is 0 Å². The number of morpholine rings is 1. The van der Waals surface area contributed by atoms with Crippen molar-refractivity contribution in [2.45, 2.75) is 51.3 Å². The zero-order valence-corrected chi connectivity index (χ0v) is 13.9. The number of aryl methyl sites for hydroxylation is 1. The first kappa shape index (κ1) is 16.4. The molecule has 1 aromatic rings. The SMILES string of the molecule is Cc1nn(CCN)c(C)c1S(=O)(=O)N1C[C@@H](C)O[C@@H](C)C1. The van der Waals surface area contributed by atoms with Crippen LogP contribution in [0.25, 0.3) is 0 Å². The molecule has 2 N–H and O–H groups in total. The molecule has 1 aliphatic heterocycles. The molecule has 0 unspecified atom stereocenters.